The van der Waals surface area contributed by atoms with Crippen molar-refractivity contribution in [1.82, 2.24) is 0 Å². The maximum absolute atomic E-state index is 8.49. The summed E-state index contributed by atoms with van der Waals surface area (Å²) in [7, 11) is -1.45. The Morgan fingerprint density at radius 3 is 2.12 bits per heavy atom. The van der Waals surface area contributed by atoms with E-state index >= 15 is 0 Å². The van der Waals surface area contributed by atoms with Gasteiger partial charge in [0.25, 0.3) is 0 Å². The highest BCUT2D eigenvalue weighted by molar-refractivity contribution is 6.47. The van der Waals surface area contributed by atoms with Gasteiger partial charge in [-0.25, -0.2) is 0 Å². The average Bonchev–Trinajstić information content (AvgIpc) is 1.61. The van der Waals surface area contributed by atoms with Crippen molar-refractivity contribution in [2.45, 2.75) is 13.0 Å². The minimum atomic E-state index is -1.45. The average molecular weight is 116 g/mol. The van der Waals surface area contributed by atoms with Crippen molar-refractivity contribution in [3.05, 3.63) is 12.1 Å². The van der Waals surface area contributed by atoms with Gasteiger partial charge in [0.1, 0.15) is 0 Å². The lowest BCUT2D eigenvalue weighted by Crippen LogP contribution is -2.07. The van der Waals surface area contributed by atoms with Crippen LogP contribution in [0.3, 0.4) is 0 Å². The zero-order valence-electron chi connectivity index (χ0n) is 4.65. The van der Waals surface area contributed by atoms with Gasteiger partial charge in [0, 0.05) is 0 Å². The Morgan fingerprint density at radius 1 is 1.50 bits per heavy atom. The summed E-state index contributed by atoms with van der Waals surface area (Å²) < 4.78 is 0. The first kappa shape index (κ1) is 7.68. The van der Waals surface area contributed by atoms with Crippen molar-refractivity contribution < 1.29 is 15.2 Å². The molecular weight excluding hydrogens is 107 g/mol. The molecule has 0 aliphatic heterocycles. The summed E-state index contributed by atoms with van der Waals surface area (Å²) in [6, 6.07) is 0. The van der Waals surface area contributed by atoms with Crippen molar-refractivity contribution in [1.29, 1.82) is 0 Å². The monoisotopic (exact) mass is 116 g/mol. The molecule has 0 aromatic carbocycles. The van der Waals surface area contributed by atoms with Gasteiger partial charge in [0.05, 0.1) is 6.10 Å². The SMILES string of the molecule is C[C@@H](O)/C=C/B(O)O. The standard InChI is InChI=1S/C4H9BO3/c1-4(6)2-3-5(7)8/h2-4,6-8H,1H3/b3-2+/t4-/m1/s1. The summed E-state index contributed by atoms with van der Waals surface area (Å²) in [6.07, 6.45) is 0.682. The third-order valence-corrected chi connectivity index (χ3v) is 0.562. The molecule has 0 amide bonds. The Bertz CT molecular complexity index is 69.4. The zero-order chi connectivity index (χ0) is 6.57. The molecule has 0 aliphatic carbocycles. The molecule has 4 heteroatoms. The second-order valence-electron chi connectivity index (χ2n) is 1.54. The summed E-state index contributed by atoms with van der Waals surface area (Å²) in [5.41, 5.74) is 0. The predicted octanol–water partition coefficient (Wildman–Crippen LogP) is -1.06. The van der Waals surface area contributed by atoms with Crippen LogP contribution in [-0.4, -0.2) is 28.4 Å². The third-order valence-electron chi connectivity index (χ3n) is 0.562. The molecule has 0 saturated carbocycles. The van der Waals surface area contributed by atoms with Crippen LogP contribution in [0, 0.1) is 0 Å². The van der Waals surface area contributed by atoms with Crippen LogP contribution in [0.2, 0.25) is 0 Å². The second kappa shape index (κ2) is 3.66. The molecule has 0 radical (unpaired) electrons. The van der Waals surface area contributed by atoms with Gasteiger partial charge in [-0.1, -0.05) is 12.1 Å². The summed E-state index contributed by atoms with van der Waals surface area (Å²) >= 11 is 0. The molecule has 3 N–H and O–H groups in total. The largest absolute Gasteiger partial charge is 0.480 e. The number of hydrogen-bond acceptors (Lipinski definition) is 3. The summed E-state index contributed by atoms with van der Waals surface area (Å²) in [5, 5.41) is 24.8. The van der Waals surface area contributed by atoms with Crippen molar-refractivity contribution in [3.8, 4) is 0 Å². The maximum Gasteiger partial charge on any atom is 0.480 e. The van der Waals surface area contributed by atoms with Crippen molar-refractivity contribution in [2.24, 2.45) is 0 Å². The molecule has 0 bridgehead atoms. The van der Waals surface area contributed by atoms with Crippen molar-refractivity contribution in [3.63, 3.8) is 0 Å². The Balaban J connectivity index is 3.34. The first-order valence-electron chi connectivity index (χ1n) is 2.35. The topological polar surface area (TPSA) is 60.7 Å². The highest BCUT2D eigenvalue weighted by Crippen LogP contribution is 1.81. The fourth-order valence-electron chi connectivity index (χ4n) is 0.260. The Kier molecular flexibility index (Phi) is 3.51. The highest BCUT2D eigenvalue weighted by Gasteiger charge is 1.97. The molecule has 0 rings (SSSR count). The van der Waals surface area contributed by atoms with Crippen LogP contribution >= 0.6 is 0 Å². The summed E-state index contributed by atoms with van der Waals surface area (Å²) in [5.74, 6) is 1.10. The summed E-state index contributed by atoms with van der Waals surface area (Å²) in [4.78, 5) is 0. The minimum Gasteiger partial charge on any atom is -0.424 e. The molecule has 3 nitrogen and oxygen atoms in total. The lowest BCUT2D eigenvalue weighted by molar-refractivity contribution is 0.244. The number of aliphatic hydroxyl groups excluding tert-OH is 1. The van der Waals surface area contributed by atoms with Gasteiger partial charge in [0.2, 0.25) is 0 Å². The van der Waals surface area contributed by atoms with Gasteiger partial charge >= 0.3 is 7.12 Å². The van der Waals surface area contributed by atoms with E-state index in [1.807, 2.05) is 0 Å². The normalized spacial score (nSPS) is 14.5. The van der Waals surface area contributed by atoms with Crippen LogP contribution in [-0.2, 0) is 0 Å². The molecule has 0 aromatic rings. The zero-order valence-corrected chi connectivity index (χ0v) is 4.65. The third kappa shape index (κ3) is 5.68. The van der Waals surface area contributed by atoms with Crippen molar-refractivity contribution in [2.75, 3.05) is 0 Å². The lowest BCUT2D eigenvalue weighted by Gasteiger charge is -1.91. The van der Waals surface area contributed by atoms with Crippen molar-refractivity contribution >= 4 is 7.12 Å². The van der Waals surface area contributed by atoms with Gasteiger partial charge in [-0.2, -0.15) is 0 Å². The Hall–Kier alpha value is -0.315. The van der Waals surface area contributed by atoms with Gasteiger partial charge in [-0.15, -0.1) is 0 Å². The number of aliphatic hydroxyl groups is 1. The molecular formula is C4H9BO3. The van der Waals surface area contributed by atoms with Crippen LogP contribution < -0.4 is 0 Å². The Morgan fingerprint density at radius 2 is 2.00 bits per heavy atom. The van der Waals surface area contributed by atoms with Crippen LogP contribution in [0.15, 0.2) is 12.1 Å². The molecule has 0 aliphatic rings. The highest BCUT2D eigenvalue weighted by atomic mass is 16.4. The molecule has 0 spiro atoms. The number of rotatable bonds is 2. The Labute approximate surface area is 48.4 Å². The van der Waals surface area contributed by atoms with Crippen LogP contribution in [0.4, 0.5) is 0 Å². The number of hydrogen-bond donors (Lipinski definition) is 3. The van der Waals surface area contributed by atoms with E-state index in [4.69, 9.17) is 15.2 Å². The summed E-state index contributed by atoms with van der Waals surface area (Å²) in [6.45, 7) is 1.53. The van der Waals surface area contributed by atoms with E-state index in [9.17, 15) is 0 Å². The minimum absolute atomic E-state index is 0.614. The molecule has 0 fully saturated rings. The van der Waals surface area contributed by atoms with Gasteiger partial charge in [-0.05, 0) is 6.92 Å². The van der Waals surface area contributed by atoms with E-state index < -0.39 is 13.2 Å². The van der Waals surface area contributed by atoms with E-state index in [1.54, 1.807) is 0 Å². The van der Waals surface area contributed by atoms with Crippen LogP contribution in [0.25, 0.3) is 0 Å². The van der Waals surface area contributed by atoms with Gasteiger partial charge in [0.15, 0.2) is 0 Å². The van der Waals surface area contributed by atoms with Gasteiger partial charge in [-0.3, -0.25) is 0 Å². The smallest absolute Gasteiger partial charge is 0.424 e. The maximum atomic E-state index is 8.49. The van der Waals surface area contributed by atoms with Crippen LogP contribution in [0.5, 0.6) is 0 Å². The lowest BCUT2D eigenvalue weighted by atomic mass is 9.91. The molecule has 0 unspecified atom stereocenters. The molecule has 46 valence electrons. The van der Waals surface area contributed by atoms with E-state index in [2.05, 4.69) is 0 Å². The predicted molar refractivity (Wildman–Crippen MR) is 31.0 cm³/mol. The van der Waals surface area contributed by atoms with Gasteiger partial charge < -0.3 is 15.2 Å². The second-order valence-corrected chi connectivity index (χ2v) is 1.54. The molecule has 1 atom stereocenters. The van der Waals surface area contributed by atoms with Crippen LogP contribution in [0.1, 0.15) is 6.92 Å². The molecule has 0 aromatic heterocycles. The molecule has 0 heterocycles. The first-order valence-corrected chi connectivity index (χ1v) is 2.35. The fraction of sp³-hybridized carbons (Fsp3) is 0.500. The molecule has 0 saturated heterocycles. The molecule has 8 heavy (non-hydrogen) atoms. The fourth-order valence-corrected chi connectivity index (χ4v) is 0.260. The quantitative estimate of drug-likeness (QED) is 0.403. The van der Waals surface area contributed by atoms with E-state index in [1.165, 1.54) is 13.0 Å². The van der Waals surface area contributed by atoms with E-state index in [0.717, 1.165) is 5.98 Å². The first-order chi connectivity index (χ1) is 3.63. The van der Waals surface area contributed by atoms with E-state index in [-0.39, 0.29) is 0 Å². The van der Waals surface area contributed by atoms with E-state index in [0.29, 0.717) is 0 Å².